The Bertz CT molecular complexity index is 687. The monoisotopic (exact) mass is 387 g/mol. The molecule has 0 aliphatic carbocycles. The molecule has 0 heterocycles. The highest BCUT2D eigenvalue weighted by Crippen LogP contribution is 2.30. The maximum atomic E-state index is 12.5. The Hall–Kier alpha value is -1.80. The molecule has 1 aromatic rings. The maximum Gasteiger partial charge on any atom is 0.309 e. The molecule has 0 aliphatic rings. The number of hydrogen-bond donors (Lipinski definition) is 0. The summed E-state index contributed by atoms with van der Waals surface area (Å²) in [6.45, 7) is 6.69. The smallest absolute Gasteiger partial charge is 0.309 e. The Morgan fingerprint density at radius 1 is 1.19 bits per heavy atom. The number of rotatable bonds is 11. The predicted molar refractivity (Wildman–Crippen MR) is 99.8 cm³/mol. The Kier molecular flexibility index (Phi) is 8.87. The third-order valence-electron chi connectivity index (χ3n) is 3.67. The van der Waals surface area contributed by atoms with Crippen LogP contribution in [0.25, 0.3) is 0 Å². The van der Waals surface area contributed by atoms with Crippen molar-refractivity contribution in [3.63, 3.8) is 0 Å². The second-order valence-electron chi connectivity index (χ2n) is 6.32. The second kappa shape index (κ2) is 10.4. The first-order valence-corrected chi connectivity index (χ1v) is 10.2. The highest BCUT2D eigenvalue weighted by Gasteiger charge is 2.18. The summed E-state index contributed by atoms with van der Waals surface area (Å²) in [5.74, 6) is 0.568. The van der Waals surface area contributed by atoms with Crippen LogP contribution in [0.1, 0.15) is 32.8 Å². The van der Waals surface area contributed by atoms with Gasteiger partial charge in [-0.25, -0.2) is 0 Å². The van der Waals surface area contributed by atoms with Gasteiger partial charge in [-0.1, -0.05) is 19.9 Å². The van der Waals surface area contributed by atoms with Gasteiger partial charge in [-0.15, -0.1) is 0 Å². The van der Waals surface area contributed by atoms with Crippen LogP contribution in [0.3, 0.4) is 0 Å². The van der Waals surface area contributed by atoms with Gasteiger partial charge in [0.1, 0.15) is 0 Å². The Labute approximate surface area is 156 Å². The zero-order chi connectivity index (χ0) is 19.7. The number of ether oxygens (including phenoxy) is 2. The fraction of sp³-hybridized carbons (Fsp3) is 0.611. The average Bonchev–Trinajstić information content (AvgIpc) is 2.57. The van der Waals surface area contributed by atoms with Crippen molar-refractivity contribution in [1.82, 2.24) is 4.90 Å². The molecule has 0 atom stereocenters. The fourth-order valence-corrected chi connectivity index (χ4v) is 2.79. The molecule has 0 aromatic heterocycles. The van der Waals surface area contributed by atoms with Crippen molar-refractivity contribution in [2.75, 3.05) is 33.1 Å². The quantitative estimate of drug-likeness (QED) is 0.543. The van der Waals surface area contributed by atoms with Crippen LogP contribution in [0.2, 0.25) is 0 Å². The summed E-state index contributed by atoms with van der Waals surface area (Å²) in [5.41, 5.74) is 0.750. The van der Waals surface area contributed by atoms with Gasteiger partial charge in [0.05, 0.1) is 19.5 Å². The van der Waals surface area contributed by atoms with E-state index >= 15 is 0 Å². The SMILES string of the molecule is CCS(=O)(=O)Oc1cc(CN(CCOC)C(=O)CC(C)C)ccc1OC. The first kappa shape index (κ1) is 22.2. The third-order valence-corrected chi connectivity index (χ3v) is 4.81. The van der Waals surface area contributed by atoms with E-state index in [0.717, 1.165) is 5.56 Å². The Balaban J connectivity index is 3.05. The maximum absolute atomic E-state index is 12.5. The van der Waals surface area contributed by atoms with Gasteiger partial charge < -0.3 is 18.6 Å². The number of hydrogen-bond acceptors (Lipinski definition) is 6. The van der Waals surface area contributed by atoms with Crippen molar-refractivity contribution in [2.45, 2.75) is 33.7 Å². The van der Waals surface area contributed by atoms with Gasteiger partial charge in [-0.3, -0.25) is 4.79 Å². The van der Waals surface area contributed by atoms with E-state index in [1.54, 1.807) is 30.2 Å². The van der Waals surface area contributed by atoms with E-state index in [-0.39, 0.29) is 23.3 Å². The average molecular weight is 387 g/mol. The highest BCUT2D eigenvalue weighted by atomic mass is 32.2. The summed E-state index contributed by atoms with van der Waals surface area (Å²) >= 11 is 0. The van der Waals surface area contributed by atoms with Gasteiger partial charge in [0.25, 0.3) is 0 Å². The van der Waals surface area contributed by atoms with Crippen molar-refractivity contribution < 1.29 is 26.9 Å². The summed E-state index contributed by atoms with van der Waals surface area (Å²) in [4.78, 5) is 14.2. The Morgan fingerprint density at radius 3 is 2.42 bits per heavy atom. The van der Waals surface area contributed by atoms with E-state index in [2.05, 4.69) is 0 Å². The molecule has 0 N–H and O–H groups in total. The van der Waals surface area contributed by atoms with Gasteiger partial charge in [-0.05, 0) is 30.5 Å². The van der Waals surface area contributed by atoms with Crippen LogP contribution in [0.4, 0.5) is 0 Å². The van der Waals surface area contributed by atoms with Crippen molar-refractivity contribution in [3.05, 3.63) is 23.8 Å². The molecule has 0 saturated heterocycles. The van der Waals surface area contributed by atoms with Crippen LogP contribution < -0.4 is 8.92 Å². The van der Waals surface area contributed by atoms with E-state index in [4.69, 9.17) is 13.7 Å². The third kappa shape index (κ3) is 7.21. The summed E-state index contributed by atoms with van der Waals surface area (Å²) in [6, 6.07) is 5.01. The van der Waals surface area contributed by atoms with E-state index in [1.165, 1.54) is 14.0 Å². The van der Waals surface area contributed by atoms with E-state index in [9.17, 15) is 13.2 Å². The van der Waals surface area contributed by atoms with Gasteiger partial charge in [-0.2, -0.15) is 8.42 Å². The van der Waals surface area contributed by atoms with Crippen molar-refractivity contribution in [3.8, 4) is 11.5 Å². The standard InChI is InChI=1S/C18H29NO6S/c1-6-26(21,22)25-17-12-15(7-8-16(17)24-5)13-19(9-10-23-4)18(20)11-14(2)3/h7-8,12,14H,6,9-11,13H2,1-5H3. The minimum absolute atomic E-state index is 0.0246. The minimum Gasteiger partial charge on any atom is -0.493 e. The predicted octanol–water partition coefficient (Wildman–Crippen LogP) is 2.44. The summed E-state index contributed by atoms with van der Waals surface area (Å²) < 4.78 is 38.9. The van der Waals surface area contributed by atoms with Crippen LogP contribution in [0, 0.1) is 5.92 Å². The lowest BCUT2D eigenvalue weighted by Gasteiger charge is -2.24. The van der Waals surface area contributed by atoms with Crippen molar-refractivity contribution in [1.29, 1.82) is 0 Å². The molecule has 0 aliphatic heterocycles. The molecular formula is C18H29NO6S. The Morgan fingerprint density at radius 2 is 1.88 bits per heavy atom. The molecule has 0 unspecified atom stereocenters. The molecule has 1 amide bonds. The number of carbonyl (C=O) groups excluding carboxylic acids is 1. The van der Waals surface area contributed by atoms with Gasteiger partial charge in [0.15, 0.2) is 11.5 Å². The lowest BCUT2D eigenvalue weighted by molar-refractivity contribution is -0.133. The lowest BCUT2D eigenvalue weighted by atomic mass is 10.1. The zero-order valence-electron chi connectivity index (χ0n) is 16.1. The minimum atomic E-state index is -3.68. The lowest BCUT2D eigenvalue weighted by Crippen LogP contribution is -2.34. The molecule has 0 bridgehead atoms. The molecule has 0 radical (unpaired) electrons. The number of methoxy groups -OCH3 is 2. The number of carbonyl (C=O) groups is 1. The molecule has 7 nitrogen and oxygen atoms in total. The number of nitrogens with zero attached hydrogens (tertiary/aromatic N) is 1. The normalized spacial score (nSPS) is 11.5. The van der Waals surface area contributed by atoms with Crippen LogP contribution in [0.5, 0.6) is 11.5 Å². The topological polar surface area (TPSA) is 82.1 Å². The molecular weight excluding hydrogens is 358 g/mol. The van der Waals surface area contributed by atoms with Crippen LogP contribution in [0.15, 0.2) is 18.2 Å². The second-order valence-corrected chi connectivity index (χ2v) is 8.18. The molecule has 1 rings (SSSR count). The van der Waals surface area contributed by atoms with Crippen molar-refractivity contribution >= 4 is 16.0 Å². The summed E-state index contributed by atoms with van der Waals surface area (Å²) in [6.07, 6.45) is 0.438. The van der Waals surface area contributed by atoms with Gasteiger partial charge in [0.2, 0.25) is 5.91 Å². The molecule has 0 saturated carbocycles. The summed E-state index contributed by atoms with van der Waals surface area (Å²) in [7, 11) is -0.652. The van der Waals surface area contributed by atoms with Gasteiger partial charge >= 0.3 is 10.1 Å². The van der Waals surface area contributed by atoms with E-state index in [0.29, 0.717) is 31.9 Å². The molecule has 148 valence electrons. The molecule has 26 heavy (non-hydrogen) atoms. The number of amides is 1. The largest absolute Gasteiger partial charge is 0.493 e. The van der Waals surface area contributed by atoms with E-state index in [1.807, 2.05) is 13.8 Å². The molecule has 8 heteroatoms. The summed E-state index contributed by atoms with van der Waals surface area (Å²) in [5, 5.41) is 0. The fourth-order valence-electron chi connectivity index (χ4n) is 2.27. The molecule has 0 fully saturated rings. The van der Waals surface area contributed by atoms with Crippen LogP contribution in [-0.4, -0.2) is 52.3 Å². The van der Waals surface area contributed by atoms with Crippen LogP contribution in [-0.2, 0) is 26.2 Å². The molecule has 1 aromatic carbocycles. The first-order chi connectivity index (χ1) is 12.2. The first-order valence-electron chi connectivity index (χ1n) is 8.58. The van der Waals surface area contributed by atoms with Crippen LogP contribution >= 0.6 is 0 Å². The highest BCUT2D eigenvalue weighted by molar-refractivity contribution is 7.87. The van der Waals surface area contributed by atoms with Gasteiger partial charge in [0, 0.05) is 26.6 Å². The van der Waals surface area contributed by atoms with Crippen molar-refractivity contribution in [2.24, 2.45) is 5.92 Å². The van der Waals surface area contributed by atoms with E-state index < -0.39 is 10.1 Å². The zero-order valence-corrected chi connectivity index (χ0v) is 17.0. The molecule has 0 spiro atoms. The number of benzene rings is 1.